The molecule has 0 bridgehead atoms. The Bertz CT molecular complexity index is 991. The summed E-state index contributed by atoms with van der Waals surface area (Å²) in [6.45, 7) is 0. The van der Waals surface area contributed by atoms with Gasteiger partial charge in [0, 0.05) is 6.08 Å². The number of benzene rings is 3. The van der Waals surface area contributed by atoms with Crippen LogP contribution in [0, 0.1) is 0 Å². The Morgan fingerprint density at radius 2 is 1.44 bits per heavy atom. The second kappa shape index (κ2) is 8.27. The zero-order chi connectivity index (χ0) is 19.2. The van der Waals surface area contributed by atoms with E-state index in [1.807, 2.05) is 30.3 Å². The number of carbonyl (C=O) groups excluding carboxylic acids is 1. The quantitative estimate of drug-likeness (QED) is 0.367. The molecule has 0 amide bonds. The van der Waals surface area contributed by atoms with Crippen LogP contribution in [0.5, 0.6) is 23.0 Å². The highest BCUT2D eigenvalue weighted by atomic mass is 16.5. The molecular formula is C22H20O5. The lowest BCUT2D eigenvalue weighted by Crippen LogP contribution is -2.03. The highest BCUT2D eigenvalue weighted by Gasteiger charge is 2.05. The van der Waals surface area contributed by atoms with Crippen molar-refractivity contribution in [3.05, 3.63) is 66.2 Å². The van der Waals surface area contributed by atoms with Crippen molar-refractivity contribution in [2.24, 2.45) is 0 Å². The average Bonchev–Trinajstić information content (AvgIpc) is 2.71. The van der Waals surface area contributed by atoms with Gasteiger partial charge >= 0.3 is 5.97 Å². The average molecular weight is 364 g/mol. The van der Waals surface area contributed by atoms with Crippen molar-refractivity contribution in [2.75, 3.05) is 21.3 Å². The van der Waals surface area contributed by atoms with Crippen LogP contribution in [0.1, 0.15) is 5.56 Å². The van der Waals surface area contributed by atoms with Crippen molar-refractivity contribution in [3.8, 4) is 23.0 Å². The highest BCUT2D eigenvalue weighted by Crippen LogP contribution is 2.28. The summed E-state index contributed by atoms with van der Waals surface area (Å²) in [5.41, 5.74) is 0.799. The number of methoxy groups -OCH3 is 3. The third kappa shape index (κ3) is 4.39. The number of hydrogen-bond donors (Lipinski definition) is 0. The van der Waals surface area contributed by atoms with E-state index in [2.05, 4.69) is 0 Å². The summed E-state index contributed by atoms with van der Waals surface area (Å²) >= 11 is 0. The fraction of sp³-hybridized carbons (Fsp3) is 0.136. The first-order valence-electron chi connectivity index (χ1n) is 8.32. The first-order chi connectivity index (χ1) is 13.1. The molecule has 5 nitrogen and oxygen atoms in total. The van der Waals surface area contributed by atoms with Gasteiger partial charge in [0.05, 0.1) is 21.3 Å². The normalized spacial score (nSPS) is 10.8. The maximum Gasteiger partial charge on any atom is 0.336 e. The Hall–Kier alpha value is -3.47. The molecule has 0 saturated carbocycles. The fourth-order valence-corrected chi connectivity index (χ4v) is 2.66. The minimum Gasteiger partial charge on any atom is -0.497 e. The van der Waals surface area contributed by atoms with Gasteiger partial charge in [-0.1, -0.05) is 18.2 Å². The Kier molecular flexibility index (Phi) is 5.61. The molecule has 0 fully saturated rings. The summed E-state index contributed by atoms with van der Waals surface area (Å²) < 4.78 is 21.1. The SMILES string of the molecule is COc1ccc2ccc(OC(=O)C=Cc3ccc(OC)c(OC)c3)cc2c1. The van der Waals surface area contributed by atoms with Crippen LogP contribution >= 0.6 is 0 Å². The second-order valence-corrected chi connectivity index (χ2v) is 5.74. The molecule has 0 atom stereocenters. The summed E-state index contributed by atoms with van der Waals surface area (Å²) in [6.07, 6.45) is 3.03. The van der Waals surface area contributed by atoms with Gasteiger partial charge in [-0.25, -0.2) is 4.79 Å². The van der Waals surface area contributed by atoms with Crippen LogP contribution in [-0.4, -0.2) is 27.3 Å². The Labute approximate surface area is 157 Å². The third-order valence-corrected chi connectivity index (χ3v) is 4.06. The monoisotopic (exact) mass is 364 g/mol. The summed E-state index contributed by atoms with van der Waals surface area (Å²) in [4.78, 5) is 12.1. The van der Waals surface area contributed by atoms with Crippen molar-refractivity contribution in [1.82, 2.24) is 0 Å². The van der Waals surface area contributed by atoms with Gasteiger partial charge in [-0.05, 0) is 58.8 Å². The number of rotatable bonds is 6. The van der Waals surface area contributed by atoms with Crippen molar-refractivity contribution in [2.45, 2.75) is 0 Å². The summed E-state index contributed by atoms with van der Waals surface area (Å²) in [5, 5.41) is 1.97. The molecule has 138 valence electrons. The van der Waals surface area contributed by atoms with Crippen LogP contribution < -0.4 is 18.9 Å². The van der Waals surface area contributed by atoms with Crippen molar-refractivity contribution in [1.29, 1.82) is 0 Å². The molecule has 0 spiro atoms. The molecule has 3 aromatic carbocycles. The summed E-state index contributed by atoms with van der Waals surface area (Å²) in [6, 6.07) is 16.6. The molecule has 27 heavy (non-hydrogen) atoms. The Balaban J connectivity index is 1.73. The predicted molar refractivity (Wildman–Crippen MR) is 105 cm³/mol. The van der Waals surface area contributed by atoms with Gasteiger partial charge < -0.3 is 18.9 Å². The van der Waals surface area contributed by atoms with Crippen LogP contribution in [0.25, 0.3) is 16.8 Å². The van der Waals surface area contributed by atoms with Crippen LogP contribution in [0.15, 0.2) is 60.7 Å². The van der Waals surface area contributed by atoms with Crippen LogP contribution in [0.4, 0.5) is 0 Å². The van der Waals surface area contributed by atoms with E-state index in [9.17, 15) is 4.79 Å². The maximum atomic E-state index is 12.1. The first-order valence-corrected chi connectivity index (χ1v) is 8.32. The molecule has 0 aliphatic heterocycles. The van der Waals surface area contributed by atoms with E-state index in [1.54, 1.807) is 51.7 Å². The third-order valence-electron chi connectivity index (χ3n) is 4.06. The van der Waals surface area contributed by atoms with Gasteiger partial charge in [0.25, 0.3) is 0 Å². The minimum absolute atomic E-state index is 0.466. The first kappa shape index (κ1) is 18.3. The molecule has 3 aromatic rings. The summed E-state index contributed by atoms with van der Waals surface area (Å²) in [7, 11) is 4.75. The molecule has 5 heteroatoms. The molecule has 0 heterocycles. The zero-order valence-electron chi connectivity index (χ0n) is 15.4. The molecule has 0 aromatic heterocycles. The van der Waals surface area contributed by atoms with E-state index in [4.69, 9.17) is 18.9 Å². The molecule has 0 aliphatic carbocycles. The maximum absolute atomic E-state index is 12.1. The van der Waals surface area contributed by atoms with Crippen molar-refractivity contribution in [3.63, 3.8) is 0 Å². The number of fused-ring (bicyclic) bond motifs is 1. The lowest BCUT2D eigenvalue weighted by atomic mass is 10.1. The molecule has 0 saturated heterocycles. The topological polar surface area (TPSA) is 54.0 Å². The Morgan fingerprint density at radius 3 is 2.15 bits per heavy atom. The summed E-state index contributed by atoms with van der Waals surface area (Å²) in [5.74, 6) is 1.98. The zero-order valence-corrected chi connectivity index (χ0v) is 15.4. The molecule has 0 N–H and O–H groups in total. The molecule has 3 rings (SSSR count). The van der Waals surface area contributed by atoms with Crippen molar-refractivity contribution >= 4 is 22.8 Å². The van der Waals surface area contributed by atoms with Gasteiger partial charge in [-0.2, -0.15) is 0 Å². The van der Waals surface area contributed by atoms with Gasteiger partial charge in [0.15, 0.2) is 11.5 Å². The fourth-order valence-electron chi connectivity index (χ4n) is 2.66. The largest absolute Gasteiger partial charge is 0.497 e. The smallest absolute Gasteiger partial charge is 0.336 e. The number of ether oxygens (including phenoxy) is 4. The van der Waals surface area contributed by atoms with E-state index in [0.29, 0.717) is 17.2 Å². The Morgan fingerprint density at radius 1 is 0.741 bits per heavy atom. The van der Waals surface area contributed by atoms with Gasteiger partial charge in [-0.15, -0.1) is 0 Å². The highest BCUT2D eigenvalue weighted by molar-refractivity contribution is 5.90. The number of esters is 1. The second-order valence-electron chi connectivity index (χ2n) is 5.74. The number of hydrogen-bond acceptors (Lipinski definition) is 5. The van der Waals surface area contributed by atoms with Gasteiger partial charge in [-0.3, -0.25) is 0 Å². The lowest BCUT2D eigenvalue weighted by molar-refractivity contribution is -0.128. The van der Waals surface area contributed by atoms with Crippen LogP contribution in [-0.2, 0) is 4.79 Å². The van der Waals surface area contributed by atoms with Crippen LogP contribution in [0.2, 0.25) is 0 Å². The molecule has 0 aliphatic rings. The van der Waals surface area contributed by atoms with Gasteiger partial charge in [0.1, 0.15) is 11.5 Å². The molecular weight excluding hydrogens is 344 g/mol. The lowest BCUT2D eigenvalue weighted by Gasteiger charge is -2.07. The predicted octanol–water partition coefficient (Wildman–Crippen LogP) is 4.48. The van der Waals surface area contributed by atoms with Gasteiger partial charge in [0.2, 0.25) is 0 Å². The van der Waals surface area contributed by atoms with E-state index in [0.717, 1.165) is 22.1 Å². The molecule has 0 unspecified atom stereocenters. The minimum atomic E-state index is -0.466. The van der Waals surface area contributed by atoms with E-state index < -0.39 is 5.97 Å². The standard InChI is InChI=1S/C22H20O5/c1-24-18-8-6-16-7-9-19(14-17(16)13-18)27-22(23)11-5-15-4-10-20(25-2)21(12-15)26-3/h4-14H,1-3H3. The van der Waals surface area contributed by atoms with Crippen LogP contribution in [0.3, 0.4) is 0 Å². The molecule has 0 radical (unpaired) electrons. The number of carbonyl (C=O) groups is 1. The van der Waals surface area contributed by atoms with Crippen molar-refractivity contribution < 1.29 is 23.7 Å². The van der Waals surface area contributed by atoms with E-state index in [1.165, 1.54) is 6.08 Å². The van der Waals surface area contributed by atoms with E-state index in [-0.39, 0.29) is 0 Å². The van der Waals surface area contributed by atoms with E-state index >= 15 is 0 Å².